The summed E-state index contributed by atoms with van der Waals surface area (Å²) < 4.78 is 1.88. The minimum absolute atomic E-state index is 0.00416. The van der Waals surface area contributed by atoms with Crippen molar-refractivity contribution in [3.63, 3.8) is 0 Å². The van der Waals surface area contributed by atoms with E-state index in [-0.39, 0.29) is 17.4 Å². The highest BCUT2D eigenvalue weighted by molar-refractivity contribution is 7.99. The van der Waals surface area contributed by atoms with Crippen molar-refractivity contribution < 1.29 is 9.59 Å². The van der Waals surface area contributed by atoms with E-state index in [1.807, 2.05) is 65.2 Å². The summed E-state index contributed by atoms with van der Waals surface area (Å²) in [5.74, 6) is 0.833. The van der Waals surface area contributed by atoms with Crippen LogP contribution in [-0.2, 0) is 11.2 Å². The van der Waals surface area contributed by atoms with Gasteiger partial charge in [0, 0.05) is 25.5 Å². The van der Waals surface area contributed by atoms with Crippen molar-refractivity contribution in [1.29, 1.82) is 0 Å². The number of rotatable bonds is 10. The highest BCUT2D eigenvalue weighted by atomic mass is 35.5. The summed E-state index contributed by atoms with van der Waals surface area (Å²) in [6.45, 7) is 2.02. The smallest absolute Gasteiger partial charge is 0.216 e. The van der Waals surface area contributed by atoms with Crippen LogP contribution in [0.3, 0.4) is 0 Å². The zero-order chi connectivity index (χ0) is 25.5. The van der Waals surface area contributed by atoms with Crippen molar-refractivity contribution in [2.75, 3.05) is 12.3 Å². The molecule has 0 aliphatic rings. The summed E-state index contributed by atoms with van der Waals surface area (Å²) in [6, 6.07) is 22.9. The number of carbonyl (C=O) groups is 2. The van der Waals surface area contributed by atoms with Crippen LogP contribution in [0.25, 0.3) is 16.8 Å². The molecule has 1 heterocycles. The van der Waals surface area contributed by atoms with E-state index in [0.29, 0.717) is 46.0 Å². The first-order valence-corrected chi connectivity index (χ1v) is 13.1. The summed E-state index contributed by atoms with van der Waals surface area (Å²) in [6.07, 6.45) is 1.28. The first-order chi connectivity index (χ1) is 17.4. The molecule has 3 aromatic carbocycles. The van der Waals surface area contributed by atoms with Crippen LogP contribution in [0.5, 0.6) is 0 Å². The number of hydrogen-bond donors (Lipinski definition) is 1. The Hall–Kier alpha value is -3.13. The number of nitrogens with zero attached hydrogens (tertiary/aromatic N) is 3. The van der Waals surface area contributed by atoms with Gasteiger partial charge >= 0.3 is 0 Å². The van der Waals surface area contributed by atoms with Gasteiger partial charge in [-0.15, -0.1) is 10.2 Å². The minimum Gasteiger partial charge on any atom is -0.356 e. The van der Waals surface area contributed by atoms with Crippen LogP contribution < -0.4 is 5.32 Å². The van der Waals surface area contributed by atoms with Gasteiger partial charge in [0.25, 0.3) is 0 Å². The van der Waals surface area contributed by atoms with Crippen LogP contribution in [0.1, 0.15) is 29.5 Å². The molecule has 36 heavy (non-hydrogen) atoms. The minimum atomic E-state index is -0.0764. The Morgan fingerprint density at radius 3 is 2.33 bits per heavy atom. The number of carbonyl (C=O) groups excluding carboxylic acids is 2. The van der Waals surface area contributed by atoms with E-state index < -0.39 is 0 Å². The number of nitrogens with one attached hydrogen (secondary N) is 1. The van der Waals surface area contributed by atoms with Crippen molar-refractivity contribution in [2.24, 2.45) is 0 Å². The average molecular weight is 539 g/mol. The molecule has 0 spiro atoms. The van der Waals surface area contributed by atoms with Gasteiger partial charge in [-0.25, -0.2) is 0 Å². The number of thioether (sulfide) groups is 1. The van der Waals surface area contributed by atoms with Gasteiger partial charge in [0.1, 0.15) is 5.82 Å². The summed E-state index contributed by atoms with van der Waals surface area (Å²) in [4.78, 5) is 24.1. The number of hydrogen-bond acceptors (Lipinski definition) is 5. The summed E-state index contributed by atoms with van der Waals surface area (Å²) in [5, 5.41) is 12.9. The quantitative estimate of drug-likeness (QED) is 0.146. The maximum Gasteiger partial charge on any atom is 0.216 e. The van der Waals surface area contributed by atoms with Crippen LogP contribution in [0.4, 0.5) is 0 Å². The van der Waals surface area contributed by atoms with E-state index in [1.54, 1.807) is 12.1 Å². The summed E-state index contributed by atoms with van der Waals surface area (Å²) in [7, 11) is 0. The molecule has 0 atom stereocenters. The van der Waals surface area contributed by atoms with Gasteiger partial charge < -0.3 is 5.32 Å². The van der Waals surface area contributed by atoms with Crippen LogP contribution in [-0.4, -0.2) is 38.8 Å². The SMILES string of the molecule is CC(=O)NCCCc1nnc(SCC(=O)c2ccc(-c3ccccc3)cc2)n1-c1ccc(Cl)c(Cl)c1. The van der Waals surface area contributed by atoms with E-state index in [4.69, 9.17) is 23.2 Å². The molecule has 0 bridgehead atoms. The largest absolute Gasteiger partial charge is 0.356 e. The van der Waals surface area contributed by atoms with Gasteiger partial charge in [0.05, 0.1) is 21.5 Å². The normalized spacial score (nSPS) is 10.9. The van der Waals surface area contributed by atoms with Gasteiger partial charge in [-0.3, -0.25) is 14.2 Å². The third-order valence-corrected chi connectivity index (χ3v) is 7.13. The summed E-state index contributed by atoms with van der Waals surface area (Å²) in [5.41, 5.74) is 3.55. The molecule has 1 amide bonds. The number of Topliss-reactive ketones (excluding diaryl/α,β-unsaturated/α-hetero) is 1. The lowest BCUT2D eigenvalue weighted by atomic mass is 10.0. The van der Waals surface area contributed by atoms with Crippen molar-refractivity contribution in [3.05, 3.63) is 94.2 Å². The van der Waals surface area contributed by atoms with E-state index in [0.717, 1.165) is 16.8 Å². The number of halogens is 2. The molecule has 0 fully saturated rings. The van der Waals surface area contributed by atoms with Gasteiger partial charge in [-0.2, -0.15) is 0 Å². The molecular weight excluding hydrogens is 515 g/mol. The second-order valence-corrected chi connectivity index (χ2v) is 9.83. The Bertz CT molecular complexity index is 1360. The fraction of sp³-hybridized carbons (Fsp3) is 0.185. The van der Waals surface area contributed by atoms with Gasteiger partial charge in [0.15, 0.2) is 10.9 Å². The van der Waals surface area contributed by atoms with Crippen LogP contribution >= 0.6 is 35.0 Å². The molecule has 1 N–H and O–H groups in total. The number of ketones is 1. The molecule has 0 saturated heterocycles. The number of aryl methyl sites for hydroxylation is 1. The highest BCUT2D eigenvalue weighted by Gasteiger charge is 2.17. The molecule has 0 unspecified atom stereocenters. The zero-order valence-corrected chi connectivity index (χ0v) is 21.9. The molecule has 4 aromatic rings. The highest BCUT2D eigenvalue weighted by Crippen LogP contribution is 2.29. The van der Waals surface area contributed by atoms with Gasteiger partial charge in [-0.1, -0.05) is 89.6 Å². The van der Waals surface area contributed by atoms with Crippen molar-refractivity contribution >= 4 is 46.7 Å². The average Bonchev–Trinajstić information content (AvgIpc) is 3.30. The standard InChI is InChI=1S/C27H24Cl2N4O2S/c1-18(34)30-15-5-8-26-31-32-27(33(26)22-13-14-23(28)24(29)16-22)36-17-25(35)21-11-9-20(10-12-21)19-6-3-2-4-7-19/h2-4,6-7,9-14,16H,5,8,15,17H2,1H3,(H,30,34). The van der Waals surface area contributed by atoms with Gasteiger partial charge in [0.2, 0.25) is 5.91 Å². The molecule has 1 aromatic heterocycles. The maximum absolute atomic E-state index is 12.9. The van der Waals surface area contributed by atoms with E-state index in [2.05, 4.69) is 15.5 Å². The molecule has 4 rings (SSSR count). The third-order valence-electron chi connectivity index (χ3n) is 5.46. The first kappa shape index (κ1) is 25.9. The molecule has 9 heteroatoms. The zero-order valence-electron chi connectivity index (χ0n) is 19.6. The lowest BCUT2D eigenvalue weighted by molar-refractivity contribution is -0.118. The number of benzene rings is 3. The predicted molar refractivity (Wildman–Crippen MR) is 145 cm³/mol. The molecule has 6 nitrogen and oxygen atoms in total. The van der Waals surface area contributed by atoms with Crippen LogP contribution in [0.2, 0.25) is 10.0 Å². The Balaban J connectivity index is 1.50. The maximum atomic E-state index is 12.9. The lowest BCUT2D eigenvalue weighted by Gasteiger charge is -2.11. The molecule has 184 valence electrons. The predicted octanol–water partition coefficient (Wildman–Crippen LogP) is 6.28. The van der Waals surface area contributed by atoms with Crippen molar-refractivity contribution in [1.82, 2.24) is 20.1 Å². The fourth-order valence-electron chi connectivity index (χ4n) is 3.64. The number of aromatic nitrogens is 3. The Morgan fingerprint density at radius 2 is 1.64 bits per heavy atom. The third kappa shape index (κ3) is 6.55. The molecular formula is C27H24Cl2N4O2S. The Kier molecular flexibility index (Phi) is 8.80. The Morgan fingerprint density at radius 1 is 0.917 bits per heavy atom. The fourth-order valence-corrected chi connectivity index (χ4v) is 4.80. The van der Waals surface area contributed by atoms with Crippen molar-refractivity contribution in [3.8, 4) is 16.8 Å². The molecule has 0 aliphatic carbocycles. The number of amides is 1. The van der Waals surface area contributed by atoms with Crippen LogP contribution in [0, 0.1) is 0 Å². The van der Waals surface area contributed by atoms with Gasteiger partial charge in [-0.05, 0) is 35.7 Å². The van der Waals surface area contributed by atoms with Crippen LogP contribution in [0.15, 0.2) is 78.0 Å². The molecule has 0 aliphatic heterocycles. The first-order valence-electron chi connectivity index (χ1n) is 11.4. The second-order valence-electron chi connectivity index (χ2n) is 8.07. The van der Waals surface area contributed by atoms with E-state index in [9.17, 15) is 9.59 Å². The van der Waals surface area contributed by atoms with Crippen molar-refractivity contribution in [2.45, 2.75) is 24.9 Å². The monoisotopic (exact) mass is 538 g/mol. The Labute approximate surface area is 224 Å². The molecule has 0 saturated carbocycles. The molecule has 0 radical (unpaired) electrons. The summed E-state index contributed by atoms with van der Waals surface area (Å²) >= 11 is 13.7. The van der Waals surface area contributed by atoms with E-state index in [1.165, 1.54) is 18.7 Å². The van der Waals surface area contributed by atoms with E-state index >= 15 is 0 Å². The second kappa shape index (κ2) is 12.2. The lowest BCUT2D eigenvalue weighted by Crippen LogP contribution is -2.21. The topological polar surface area (TPSA) is 76.9 Å².